The molecule has 4 heteroatoms. The summed E-state index contributed by atoms with van der Waals surface area (Å²) in [6, 6.07) is 0. The molecule has 0 aromatic heterocycles. The highest BCUT2D eigenvalue weighted by Crippen LogP contribution is 2.35. The van der Waals surface area contributed by atoms with Crippen molar-refractivity contribution in [2.45, 2.75) is 64.5 Å². The third-order valence-corrected chi connectivity index (χ3v) is 4.05. The highest BCUT2D eigenvalue weighted by Gasteiger charge is 2.42. The lowest BCUT2D eigenvalue weighted by atomic mass is 9.80. The normalized spacial score (nSPS) is 28.6. The summed E-state index contributed by atoms with van der Waals surface area (Å²) in [5.41, 5.74) is -0.201. The average Bonchev–Trinajstić information content (AvgIpc) is 2.30. The third-order valence-electron chi connectivity index (χ3n) is 4.05. The number of aliphatic carboxylic acids is 1. The molecule has 18 heavy (non-hydrogen) atoms. The van der Waals surface area contributed by atoms with Crippen LogP contribution < -0.4 is 0 Å². The second-order valence-corrected chi connectivity index (χ2v) is 5.20. The molecular formula is C14H27NO3. The predicted molar refractivity (Wildman–Crippen MR) is 71.8 cm³/mol. The van der Waals surface area contributed by atoms with E-state index in [1.54, 1.807) is 0 Å². The van der Waals surface area contributed by atoms with Gasteiger partial charge >= 0.3 is 5.97 Å². The van der Waals surface area contributed by atoms with E-state index in [0.717, 1.165) is 38.8 Å². The summed E-state index contributed by atoms with van der Waals surface area (Å²) >= 11 is 0. The van der Waals surface area contributed by atoms with Crippen molar-refractivity contribution in [2.24, 2.45) is 0 Å². The van der Waals surface area contributed by atoms with Gasteiger partial charge in [-0.3, -0.25) is 9.69 Å². The monoisotopic (exact) mass is 257 g/mol. The van der Waals surface area contributed by atoms with Gasteiger partial charge in [-0.1, -0.05) is 27.2 Å². The van der Waals surface area contributed by atoms with Crippen LogP contribution in [0.15, 0.2) is 0 Å². The standard InChI is InChI=1S/C14H27NO3/c1-4-7-12-10-14(8-9-18-12,11-13(16)17)15(5-2)6-3/h12H,4-11H2,1-3H3,(H,16,17). The molecule has 1 fully saturated rings. The molecule has 2 unspecified atom stereocenters. The van der Waals surface area contributed by atoms with Gasteiger partial charge in [0.05, 0.1) is 12.5 Å². The first-order valence-electron chi connectivity index (χ1n) is 7.16. The summed E-state index contributed by atoms with van der Waals surface area (Å²) in [5, 5.41) is 9.22. The van der Waals surface area contributed by atoms with Crippen LogP contribution in [0.5, 0.6) is 0 Å². The quantitative estimate of drug-likeness (QED) is 0.761. The van der Waals surface area contributed by atoms with Crippen molar-refractivity contribution >= 4 is 5.97 Å². The van der Waals surface area contributed by atoms with Gasteiger partial charge in [-0.15, -0.1) is 0 Å². The molecule has 0 amide bonds. The van der Waals surface area contributed by atoms with Crippen LogP contribution in [-0.4, -0.2) is 47.3 Å². The van der Waals surface area contributed by atoms with Gasteiger partial charge in [0.15, 0.2) is 0 Å². The molecule has 1 saturated heterocycles. The van der Waals surface area contributed by atoms with Crippen LogP contribution in [0.25, 0.3) is 0 Å². The number of carbonyl (C=O) groups is 1. The molecule has 106 valence electrons. The van der Waals surface area contributed by atoms with Gasteiger partial charge in [-0.05, 0) is 32.4 Å². The maximum Gasteiger partial charge on any atom is 0.305 e. The largest absolute Gasteiger partial charge is 0.481 e. The molecule has 2 atom stereocenters. The van der Waals surface area contributed by atoms with Crippen LogP contribution in [0.3, 0.4) is 0 Å². The van der Waals surface area contributed by atoms with Crippen LogP contribution in [0.2, 0.25) is 0 Å². The fourth-order valence-electron chi connectivity index (χ4n) is 3.24. The van der Waals surface area contributed by atoms with Gasteiger partial charge in [0, 0.05) is 12.1 Å². The van der Waals surface area contributed by atoms with E-state index in [1.807, 2.05) is 0 Å². The van der Waals surface area contributed by atoms with Crippen molar-refractivity contribution in [1.82, 2.24) is 4.90 Å². The predicted octanol–water partition coefficient (Wildman–Crippen LogP) is 2.52. The zero-order valence-electron chi connectivity index (χ0n) is 11.9. The minimum absolute atomic E-state index is 0.201. The summed E-state index contributed by atoms with van der Waals surface area (Å²) in [5.74, 6) is -0.695. The molecule has 1 aliphatic heterocycles. The van der Waals surface area contributed by atoms with Gasteiger partial charge in [0.25, 0.3) is 0 Å². The second-order valence-electron chi connectivity index (χ2n) is 5.20. The summed E-state index contributed by atoms with van der Waals surface area (Å²) in [7, 11) is 0. The highest BCUT2D eigenvalue weighted by molar-refractivity contribution is 5.68. The van der Waals surface area contributed by atoms with Gasteiger partial charge in [-0.25, -0.2) is 0 Å². The third kappa shape index (κ3) is 3.69. The minimum Gasteiger partial charge on any atom is -0.481 e. The fourth-order valence-corrected chi connectivity index (χ4v) is 3.24. The lowest BCUT2D eigenvalue weighted by Crippen LogP contribution is -2.55. The number of hydrogen-bond donors (Lipinski definition) is 1. The SMILES string of the molecule is CCCC1CC(CC(=O)O)(N(CC)CC)CCO1. The first-order chi connectivity index (χ1) is 8.57. The van der Waals surface area contributed by atoms with Gasteiger partial charge in [0.2, 0.25) is 0 Å². The average molecular weight is 257 g/mol. The Hall–Kier alpha value is -0.610. The number of carboxylic acid groups (broad SMARTS) is 1. The van der Waals surface area contributed by atoms with E-state index >= 15 is 0 Å². The first-order valence-corrected chi connectivity index (χ1v) is 7.16. The zero-order valence-corrected chi connectivity index (χ0v) is 11.9. The molecule has 0 aromatic carbocycles. The van der Waals surface area contributed by atoms with E-state index in [9.17, 15) is 9.90 Å². The topological polar surface area (TPSA) is 49.8 Å². The smallest absolute Gasteiger partial charge is 0.305 e. The molecule has 1 aliphatic rings. The van der Waals surface area contributed by atoms with E-state index in [4.69, 9.17) is 4.74 Å². The van der Waals surface area contributed by atoms with Crippen LogP contribution in [-0.2, 0) is 9.53 Å². The first kappa shape index (κ1) is 15.4. The molecule has 0 spiro atoms. The van der Waals surface area contributed by atoms with E-state index in [1.165, 1.54) is 0 Å². The van der Waals surface area contributed by atoms with Crippen LogP contribution >= 0.6 is 0 Å². The molecule has 1 N–H and O–H groups in total. The summed E-state index contributed by atoms with van der Waals surface area (Å²) < 4.78 is 5.77. The summed E-state index contributed by atoms with van der Waals surface area (Å²) in [6.45, 7) is 8.86. The number of carboxylic acids is 1. The molecule has 0 aliphatic carbocycles. The zero-order chi connectivity index (χ0) is 13.6. The van der Waals surface area contributed by atoms with Gasteiger partial charge < -0.3 is 9.84 Å². The number of nitrogens with zero attached hydrogens (tertiary/aromatic N) is 1. The Morgan fingerprint density at radius 3 is 2.56 bits per heavy atom. The maximum absolute atomic E-state index is 11.2. The van der Waals surface area contributed by atoms with E-state index in [2.05, 4.69) is 25.7 Å². The van der Waals surface area contributed by atoms with Crippen molar-refractivity contribution in [1.29, 1.82) is 0 Å². The number of rotatable bonds is 7. The Bertz CT molecular complexity index is 264. The molecule has 1 heterocycles. The molecule has 0 saturated carbocycles. The Morgan fingerprint density at radius 1 is 1.39 bits per heavy atom. The molecule has 4 nitrogen and oxygen atoms in total. The Kier molecular flexibility index (Phi) is 6.09. The van der Waals surface area contributed by atoms with Crippen molar-refractivity contribution in [3.8, 4) is 0 Å². The lowest BCUT2D eigenvalue weighted by molar-refractivity contribution is -0.145. The Morgan fingerprint density at radius 2 is 2.06 bits per heavy atom. The van der Waals surface area contributed by atoms with Crippen molar-refractivity contribution in [3.63, 3.8) is 0 Å². The molecule has 0 radical (unpaired) electrons. The second kappa shape index (κ2) is 7.10. The Balaban J connectivity index is 2.84. The molecular weight excluding hydrogens is 230 g/mol. The lowest BCUT2D eigenvalue weighted by Gasteiger charge is -2.47. The molecule has 0 bridgehead atoms. The van der Waals surface area contributed by atoms with E-state index in [0.29, 0.717) is 6.61 Å². The van der Waals surface area contributed by atoms with Crippen LogP contribution in [0.4, 0.5) is 0 Å². The maximum atomic E-state index is 11.2. The van der Waals surface area contributed by atoms with Crippen LogP contribution in [0.1, 0.15) is 52.9 Å². The van der Waals surface area contributed by atoms with E-state index in [-0.39, 0.29) is 18.1 Å². The van der Waals surface area contributed by atoms with Crippen molar-refractivity contribution in [3.05, 3.63) is 0 Å². The van der Waals surface area contributed by atoms with Crippen molar-refractivity contribution in [2.75, 3.05) is 19.7 Å². The summed E-state index contributed by atoms with van der Waals surface area (Å²) in [6.07, 6.45) is 4.27. The summed E-state index contributed by atoms with van der Waals surface area (Å²) in [4.78, 5) is 13.5. The molecule has 1 rings (SSSR count). The van der Waals surface area contributed by atoms with Gasteiger partial charge in [0.1, 0.15) is 0 Å². The number of hydrogen-bond acceptors (Lipinski definition) is 3. The van der Waals surface area contributed by atoms with Gasteiger partial charge in [-0.2, -0.15) is 0 Å². The highest BCUT2D eigenvalue weighted by atomic mass is 16.5. The van der Waals surface area contributed by atoms with Crippen molar-refractivity contribution < 1.29 is 14.6 Å². The Labute approximate surface area is 110 Å². The van der Waals surface area contributed by atoms with Crippen LogP contribution in [0, 0.1) is 0 Å². The fraction of sp³-hybridized carbons (Fsp3) is 0.929. The van der Waals surface area contributed by atoms with E-state index < -0.39 is 5.97 Å². The number of ether oxygens (including phenoxy) is 1. The minimum atomic E-state index is -0.695. The molecule has 0 aromatic rings.